The van der Waals surface area contributed by atoms with E-state index in [1.807, 2.05) is 12.2 Å². The molecule has 2 aliphatic carbocycles. The standard InChI is InChI=1S/C15H22O/c16-15(11-13-7-3-1-4-8-13)12-14-9-5-2-6-10-14/h11-12H,1-10H2. The topological polar surface area (TPSA) is 17.1 Å². The SMILES string of the molecule is O=C(C=C1CCCCC1)C=C1CCCCC1. The van der Waals surface area contributed by atoms with E-state index in [9.17, 15) is 4.79 Å². The predicted octanol–water partition coefficient (Wildman–Crippen LogP) is 4.34. The first-order valence-corrected chi connectivity index (χ1v) is 6.77. The predicted molar refractivity (Wildman–Crippen MR) is 67.3 cm³/mol. The molecule has 0 aromatic carbocycles. The molecule has 88 valence electrons. The van der Waals surface area contributed by atoms with Gasteiger partial charge in [0.25, 0.3) is 0 Å². The molecule has 16 heavy (non-hydrogen) atoms. The van der Waals surface area contributed by atoms with Gasteiger partial charge in [-0.15, -0.1) is 0 Å². The zero-order valence-corrected chi connectivity index (χ0v) is 10.1. The van der Waals surface area contributed by atoms with E-state index < -0.39 is 0 Å². The second-order valence-corrected chi connectivity index (χ2v) is 5.13. The summed E-state index contributed by atoms with van der Waals surface area (Å²) in [5.74, 6) is 0.244. The van der Waals surface area contributed by atoms with Gasteiger partial charge in [0.15, 0.2) is 5.78 Å². The fourth-order valence-electron chi connectivity index (χ4n) is 2.74. The summed E-state index contributed by atoms with van der Waals surface area (Å²) in [4.78, 5) is 11.8. The van der Waals surface area contributed by atoms with Gasteiger partial charge in [-0.2, -0.15) is 0 Å². The van der Waals surface area contributed by atoms with Gasteiger partial charge in [0, 0.05) is 0 Å². The van der Waals surface area contributed by atoms with Crippen LogP contribution < -0.4 is 0 Å². The molecule has 0 unspecified atom stereocenters. The maximum absolute atomic E-state index is 11.8. The van der Waals surface area contributed by atoms with E-state index in [2.05, 4.69) is 0 Å². The van der Waals surface area contributed by atoms with Crippen LogP contribution >= 0.6 is 0 Å². The molecule has 2 fully saturated rings. The van der Waals surface area contributed by atoms with E-state index in [0.717, 1.165) is 25.7 Å². The van der Waals surface area contributed by atoms with Crippen molar-refractivity contribution in [1.29, 1.82) is 0 Å². The Morgan fingerprint density at radius 3 is 1.44 bits per heavy atom. The summed E-state index contributed by atoms with van der Waals surface area (Å²) < 4.78 is 0. The average molecular weight is 218 g/mol. The van der Waals surface area contributed by atoms with Gasteiger partial charge in [-0.25, -0.2) is 0 Å². The van der Waals surface area contributed by atoms with Crippen LogP contribution in [0.25, 0.3) is 0 Å². The van der Waals surface area contributed by atoms with Crippen molar-refractivity contribution in [3.8, 4) is 0 Å². The molecule has 0 N–H and O–H groups in total. The average Bonchev–Trinajstić information content (AvgIpc) is 2.31. The molecule has 2 rings (SSSR count). The Morgan fingerprint density at radius 2 is 1.06 bits per heavy atom. The molecule has 0 aromatic heterocycles. The third-order valence-corrected chi connectivity index (χ3v) is 3.68. The molecular formula is C15H22O. The van der Waals surface area contributed by atoms with Gasteiger partial charge in [-0.05, 0) is 63.5 Å². The summed E-state index contributed by atoms with van der Waals surface area (Å²) in [7, 11) is 0. The van der Waals surface area contributed by atoms with Crippen LogP contribution in [0.5, 0.6) is 0 Å². The normalized spacial score (nSPS) is 21.8. The third-order valence-electron chi connectivity index (χ3n) is 3.68. The van der Waals surface area contributed by atoms with Crippen LogP contribution in [0.15, 0.2) is 23.3 Å². The lowest BCUT2D eigenvalue weighted by Gasteiger charge is -2.14. The Hall–Kier alpha value is -0.850. The van der Waals surface area contributed by atoms with Gasteiger partial charge in [0.05, 0.1) is 0 Å². The molecule has 0 atom stereocenters. The van der Waals surface area contributed by atoms with Gasteiger partial charge in [0.1, 0.15) is 0 Å². The number of rotatable bonds is 2. The maximum Gasteiger partial charge on any atom is 0.178 e. The molecule has 0 aliphatic heterocycles. The smallest absolute Gasteiger partial charge is 0.178 e. The highest BCUT2D eigenvalue weighted by atomic mass is 16.1. The van der Waals surface area contributed by atoms with E-state index in [4.69, 9.17) is 0 Å². The first kappa shape index (κ1) is 11.6. The lowest BCUT2D eigenvalue weighted by atomic mass is 9.92. The van der Waals surface area contributed by atoms with Crippen LogP contribution in [-0.2, 0) is 4.79 Å². The number of carbonyl (C=O) groups is 1. The minimum atomic E-state index is 0.244. The van der Waals surface area contributed by atoms with Crippen LogP contribution in [0.3, 0.4) is 0 Å². The first-order chi connectivity index (χ1) is 7.84. The number of ketones is 1. The van der Waals surface area contributed by atoms with Crippen LogP contribution in [0.4, 0.5) is 0 Å². The molecule has 0 aromatic rings. The first-order valence-electron chi connectivity index (χ1n) is 6.77. The van der Waals surface area contributed by atoms with E-state index in [1.54, 1.807) is 0 Å². The summed E-state index contributed by atoms with van der Waals surface area (Å²) in [6, 6.07) is 0. The molecule has 2 saturated carbocycles. The fourth-order valence-corrected chi connectivity index (χ4v) is 2.74. The molecule has 0 bridgehead atoms. The second kappa shape index (κ2) is 6.03. The Labute approximate surface area is 98.6 Å². The molecule has 0 spiro atoms. The van der Waals surface area contributed by atoms with Crippen molar-refractivity contribution in [2.24, 2.45) is 0 Å². The largest absolute Gasteiger partial charge is 0.290 e. The quantitative estimate of drug-likeness (QED) is 0.630. The zero-order valence-electron chi connectivity index (χ0n) is 10.1. The van der Waals surface area contributed by atoms with Crippen molar-refractivity contribution >= 4 is 5.78 Å². The van der Waals surface area contributed by atoms with Crippen molar-refractivity contribution in [3.63, 3.8) is 0 Å². The van der Waals surface area contributed by atoms with Crippen LogP contribution in [0.1, 0.15) is 64.2 Å². The molecule has 0 heterocycles. The Bertz CT molecular complexity index is 263. The minimum Gasteiger partial charge on any atom is -0.290 e. The van der Waals surface area contributed by atoms with Gasteiger partial charge in [-0.3, -0.25) is 4.79 Å². The molecule has 0 radical (unpaired) electrons. The summed E-state index contributed by atoms with van der Waals surface area (Å²) >= 11 is 0. The van der Waals surface area contributed by atoms with Crippen molar-refractivity contribution in [2.75, 3.05) is 0 Å². The molecule has 0 saturated heterocycles. The summed E-state index contributed by atoms with van der Waals surface area (Å²) in [6.07, 6.45) is 16.2. The van der Waals surface area contributed by atoms with Crippen molar-refractivity contribution in [3.05, 3.63) is 23.3 Å². The third kappa shape index (κ3) is 3.62. The number of carbonyl (C=O) groups excluding carboxylic acids is 1. The highest BCUT2D eigenvalue weighted by Crippen LogP contribution is 2.24. The van der Waals surface area contributed by atoms with Gasteiger partial charge < -0.3 is 0 Å². The van der Waals surface area contributed by atoms with Crippen molar-refractivity contribution in [1.82, 2.24) is 0 Å². The van der Waals surface area contributed by atoms with Gasteiger partial charge in [-0.1, -0.05) is 24.0 Å². The lowest BCUT2D eigenvalue weighted by molar-refractivity contribution is -0.110. The summed E-state index contributed by atoms with van der Waals surface area (Å²) in [5, 5.41) is 0. The van der Waals surface area contributed by atoms with Crippen LogP contribution in [0, 0.1) is 0 Å². The number of allylic oxidation sites excluding steroid dienone is 4. The Balaban J connectivity index is 1.91. The second-order valence-electron chi connectivity index (χ2n) is 5.13. The molecule has 2 aliphatic rings. The molecular weight excluding hydrogens is 196 g/mol. The highest BCUT2D eigenvalue weighted by Gasteiger charge is 2.09. The number of hydrogen-bond acceptors (Lipinski definition) is 1. The zero-order chi connectivity index (χ0) is 11.2. The van der Waals surface area contributed by atoms with E-state index >= 15 is 0 Å². The monoisotopic (exact) mass is 218 g/mol. The Morgan fingerprint density at radius 1 is 0.688 bits per heavy atom. The van der Waals surface area contributed by atoms with Crippen molar-refractivity contribution in [2.45, 2.75) is 64.2 Å². The minimum absolute atomic E-state index is 0.244. The van der Waals surface area contributed by atoms with Gasteiger partial charge in [0.2, 0.25) is 0 Å². The van der Waals surface area contributed by atoms with E-state index in [0.29, 0.717) is 0 Å². The molecule has 1 heteroatoms. The fraction of sp³-hybridized carbons (Fsp3) is 0.667. The molecule has 1 nitrogen and oxygen atoms in total. The van der Waals surface area contributed by atoms with Crippen LogP contribution in [-0.4, -0.2) is 5.78 Å². The summed E-state index contributed by atoms with van der Waals surface area (Å²) in [5.41, 5.74) is 2.76. The van der Waals surface area contributed by atoms with Crippen LogP contribution in [0.2, 0.25) is 0 Å². The highest BCUT2D eigenvalue weighted by molar-refractivity contribution is 6.00. The van der Waals surface area contributed by atoms with Gasteiger partial charge >= 0.3 is 0 Å². The molecule has 0 amide bonds. The summed E-state index contributed by atoms with van der Waals surface area (Å²) in [6.45, 7) is 0. The van der Waals surface area contributed by atoms with Crippen molar-refractivity contribution < 1.29 is 4.79 Å². The maximum atomic E-state index is 11.8. The lowest BCUT2D eigenvalue weighted by Crippen LogP contribution is -2.00. The number of hydrogen-bond donors (Lipinski definition) is 0. The van der Waals surface area contributed by atoms with E-state index in [-0.39, 0.29) is 5.78 Å². The van der Waals surface area contributed by atoms with E-state index in [1.165, 1.54) is 49.7 Å². The Kier molecular flexibility index (Phi) is 4.38.